The second-order valence-electron chi connectivity index (χ2n) is 6.64. The smallest absolute Gasteiger partial charge is 0.310 e. The second kappa shape index (κ2) is 5.69. The van der Waals surface area contributed by atoms with Crippen molar-refractivity contribution < 1.29 is 19.8 Å². The Morgan fingerprint density at radius 2 is 2.00 bits per heavy atom. The molecule has 0 aromatic rings. The van der Waals surface area contributed by atoms with Crippen molar-refractivity contribution in [3.63, 3.8) is 0 Å². The van der Waals surface area contributed by atoms with Gasteiger partial charge in [-0.15, -0.1) is 0 Å². The predicted octanol–water partition coefficient (Wildman–Crippen LogP) is 0.515. The summed E-state index contributed by atoms with van der Waals surface area (Å²) in [6, 6.07) is -0.0199. The van der Waals surface area contributed by atoms with Crippen molar-refractivity contribution >= 4 is 11.9 Å². The first-order valence-corrected chi connectivity index (χ1v) is 7.26. The molecule has 2 rings (SSSR count). The Morgan fingerprint density at radius 1 is 1.30 bits per heavy atom. The quantitative estimate of drug-likeness (QED) is 0.601. The van der Waals surface area contributed by atoms with Gasteiger partial charge in [0.1, 0.15) is 0 Å². The van der Waals surface area contributed by atoms with Crippen molar-refractivity contribution in [2.24, 2.45) is 28.9 Å². The van der Waals surface area contributed by atoms with E-state index in [0.717, 1.165) is 6.54 Å². The fourth-order valence-electron chi connectivity index (χ4n) is 3.72. The van der Waals surface area contributed by atoms with Gasteiger partial charge in [-0.05, 0) is 51.0 Å². The van der Waals surface area contributed by atoms with Crippen molar-refractivity contribution in [2.75, 3.05) is 13.1 Å². The Hall–Kier alpha value is -1.14. The number of carboxylic acids is 2. The van der Waals surface area contributed by atoms with Gasteiger partial charge in [0, 0.05) is 12.6 Å². The number of rotatable bonds is 3. The van der Waals surface area contributed by atoms with Crippen molar-refractivity contribution in [3.8, 4) is 0 Å². The molecule has 1 saturated carbocycles. The molecule has 0 spiro atoms. The summed E-state index contributed by atoms with van der Waals surface area (Å²) in [6.45, 7) is 2.94. The van der Waals surface area contributed by atoms with Gasteiger partial charge in [0.15, 0.2) is 0 Å². The van der Waals surface area contributed by atoms with Crippen molar-refractivity contribution in [2.45, 2.75) is 38.6 Å². The molecule has 2 fully saturated rings. The minimum atomic E-state index is -0.797. The summed E-state index contributed by atoms with van der Waals surface area (Å²) in [5, 5.41) is 21.7. The maximum atomic E-state index is 11.4. The number of nitrogens with one attached hydrogen (secondary N) is 1. The molecule has 1 aliphatic heterocycles. The van der Waals surface area contributed by atoms with Crippen molar-refractivity contribution in [1.82, 2.24) is 5.32 Å². The summed E-state index contributed by atoms with van der Waals surface area (Å²) in [6.07, 6.45) is 2.48. The molecule has 0 aromatic carbocycles. The molecule has 2 aliphatic rings. The number of hydrogen-bond acceptors (Lipinski definition) is 4. The Labute approximate surface area is 118 Å². The van der Waals surface area contributed by atoms with E-state index in [0.29, 0.717) is 32.2 Å². The zero-order chi connectivity index (χ0) is 14.9. The van der Waals surface area contributed by atoms with Crippen LogP contribution in [0.3, 0.4) is 0 Å². The molecule has 1 saturated heterocycles. The molecule has 6 heteroatoms. The Balaban J connectivity index is 2.08. The Bertz CT molecular complexity index is 401. The minimum Gasteiger partial charge on any atom is -0.481 e. The zero-order valence-electron chi connectivity index (χ0n) is 11.8. The number of carboxylic acid groups (broad SMARTS) is 2. The monoisotopic (exact) mass is 284 g/mol. The van der Waals surface area contributed by atoms with Gasteiger partial charge in [0.2, 0.25) is 0 Å². The van der Waals surface area contributed by atoms with Gasteiger partial charge in [-0.25, -0.2) is 0 Å². The summed E-state index contributed by atoms with van der Waals surface area (Å²) in [7, 11) is 0. The molecular formula is C14H24N2O4. The standard InChI is InChI=1S/C14H24N2O4/c1-14(13(19)20)5-9(6-16-7-14)10-4-8(12(17)18)2-3-11(10)15/h8-11,16H,2-7,15H2,1H3,(H,17,18)(H,19,20). The van der Waals surface area contributed by atoms with E-state index in [4.69, 9.17) is 5.73 Å². The van der Waals surface area contributed by atoms with Crippen LogP contribution in [0.5, 0.6) is 0 Å². The normalized spacial score (nSPS) is 42.1. The highest BCUT2D eigenvalue weighted by Crippen LogP contribution is 2.40. The summed E-state index contributed by atoms with van der Waals surface area (Å²) in [4.78, 5) is 22.6. The third-order valence-electron chi connectivity index (χ3n) is 5.06. The van der Waals surface area contributed by atoms with E-state index in [2.05, 4.69) is 5.32 Å². The van der Waals surface area contributed by atoms with E-state index in [-0.39, 0.29) is 23.8 Å². The molecule has 6 nitrogen and oxygen atoms in total. The van der Waals surface area contributed by atoms with Crippen molar-refractivity contribution in [3.05, 3.63) is 0 Å². The van der Waals surface area contributed by atoms with E-state index in [1.165, 1.54) is 0 Å². The molecule has 1 aliphatic carbocycles. The minimum absolute atomic E-state index is 0.0199. The van der Waals surface area contributed by atoms with Crippen LogP contribution in [-0.2, 0) is 9.59 Å². The Morgan fingerprint density at radius 3 is 2.60 bits per heavy atom. The number of piperidine rings is 1. The number of hydrogen-bond donors (Lipinski definition) is 4. The largest absolute Gasteiger partial charge is 0.481 e. The van der Waals surface area contributed by atoms with E-state index in [9.17, 15) is 19.8 Å². The van der Waals surface area contributed by atoms with Gasteiger partial charge in [0.05, 0.1) is 11.3 Å². The first-order valence-electron chi connectivity index (χ1n) is 7.26. The second-order valence-corrected chi connectivity index (χ2v) is 6.64. The van der Waals surface area contributed by atoms with Gasteiger partial charge in [0.25, 0.3) is 0 Å². The van der Waals surface area contributed by atoms with Gasteiger partial charge in [-0.3, -0.25) is 9.59 Å². The third-order valence-corrected chi connectivity index (χ3v) is 5.06. The third kappa shape index (κ3) is 2.96. The van der Waals surface area contributed by atoms with Gasteiger partial charge in [-0.1, -0.05) is 0 Å². The SMILES string of the molecule is CC1(C(=O)O)CNCC(C2CC(C(=O)O)CCC2N)C1. The van der Waals surface area contributed by atoms with Crippen LogP contribution in [-0.4, -0.2) is 41.3 Å². The Kier molecular flexibility index (Phi) is 4.34. The van der Waals surface area contributed by atoms with E-state index < -0.39 is 17.4 Å². The molecule has 114 valence electrons. The average Bonchev–Trinajstić information content (AvgIpc) is 2.38. The zero-order valence-corrected chi connectivity index (χ0v) is 11.8. The highest BCUT2D eigenvalue weighted by Gasteiger charge is 2.44. The lowest BCUT2D eigenvalue weighted by Crippen LogP contribution is -2.53. The van der Waals surface area contributed by atoms with Crippen LogP contribution in [0.25, 0.3) is 0 Å². The topological polar surface area (TPSA) is 113 Å². The molecule has 0 radical (unpaired) electrons. The summed E-state index contributed by atoms with van der Waals surface area (Å²) >= 11 is 0. The first kappa shape index (κ1) is 15.3. The van der Waals surface area contributed by atoms with Crippen LogP contribution >= 0.6 is 0 Å². The lowest BCUT2D eigenvalue weighted by Gasteiger charge is -2.43. The maximum Gasteiger partial charge on any atom is 0.310 e. The average molecular weight is 284 g/mol. The molecule has 5 atom stereocenters. The lowest BCUT2D eigenvalue weighted by molar-refractivity contribution is -0.151. The van der Waals surface area contributed by atoms with E-state index >= 15 is 0 Å². The number of aliphatic carboxylic acids is 2. The summed E-state index contributed by atoms with van der Waals surface area (Å²) in [5.74, 6) is -1.66. The van der Waals surface area contributed by atoms with Crippen LogP contribution in [0.1, 0.15) is 32.6 Å². The number of nitrogens with two attached hydrogens (primary N) is 1. The highest BCUT2D eigenvalue weighted by atomic mass is 16.4. The maximum absolute atomic E-state index is 11.4. The molecule has 1 heterocycles. The van der Waals surface area contributed by atoms with E-state index in [1.54, 1.807) is 6.92 Å². The van der Waals surface area contributed by atoms with Gasteiger partial charge in [-0.2, -0.15) is 0 Å². The summed E-state index contributed by atoms with van der Waals surface area (Å²) < 4.78 is 0. The molecule has 5 N–H and O–H groups in total. The highest BCUT2D eigenvalue weighted by molar-refractivity contribution is 5.74. The van der Waals surface area contributed by atoms with Gasteiger partial charge < -0.3 is 21.3 Å². The molecular weight excluding hydrogens is 260 g/mol. The fraction of sp³-hybridized carbons (Fsp3) is 0.857. The molecule has 0 amide bonds. The molecule has 20 heavy (non-hydrogen) atoms. The molecule has 5 unspecified atom stereocenters. The van der Waals surface area contributed by atoms with Crippen LogP contribution in [0.2, 0.25) is 0 Å². The number of carbonyl (C=O) groups is 2. The fourth-order valence-corrected chi connectivity index (χ4v) is 3.72. The predicted molar refractivity (Wildman–Crippen MR) is 73.2 cm³/mol. The van der Waals surface area contributed by atoms with Crippen LogP contribution in [0, 0.1) is 23.2 Å². The molecule has 0 aromatic heterocycles. The van der Waals surface area contributed by atoms with Crippen LogP contribution < -0.4 is 11.1 Å². The van der Waals surface area contributed by atoms with E-state index in [1.807, 2.05) is 0 Å². The first-order chi connectivity index (χ1) is 9.33. The molecule has 0 bridgehead atoms. The van der Waals surface area contributed by atoms with Crippen LogP contribution in [0.15, 0.2) is 0 Å². The summed E-state index contributed by atoms with van der Waals surface area (Å²) in [5.41, 5.74) is 5.39. The van der Waals surface area contributed by atoms with Gasteiger partial charge >= 0.3 is 11.9 Å². The van der Waals surface area contributed by atoms with Crippen LogP contribution in [0.4, 0.5) is 0 Å². The van der Waals surface area contributed by atoms with Crippen molar-refractivity contribution in [1.29, 1.82) is 0 Å². The lowest BCUT2D eigenvalue weighted by atomic mass is 9.66.